The number of rotatable bonds is 4. The number of hydrogen-bond donors (Lipinski definition) is 1. The summed E-state index contributed by atoms with van der Waals surface area (Å²) >= 11 is 0. The molecule has 0 bridgehead atoms. The highest BCUT2D eigenvalue weighted by atomic mass is 16.5. The standard InChI is InChI=1S/C13H15N3O4/c1-4-19-13(18)9-7-14-16(3)11(9)15-12(17)10-6-5-8(2)20-10/h5-7H,4H2,1-3H3,(H,15,17). The third kappa shape index (κ3) is 2.71. The summed E-state index contributed by atoms with van der Waals surface area (Å²) in [5.74, 6) is 0.0746. The van der Waals surface area contributed by atoms with Crippen molar-refractivity contribution in [1.29, 1.82) is 0 Å². The lowest BCUT2D eigenvalue weighted by Crippen LogP contribution is -2.17. The molecule has 1 N–H and O–H groups in total. The predicted octanol–water partition coefficient (Wildman–Crippen LogP) is 1.75. The molecule has 2 aromatic rings. The predicted molar refractivity (Wildman–Crippen MR) is 70.6 cm³/mol. The zero-order valence-corrected chi connectivity index (χ0v) is 11.5. The van der Waals surface area contributed by atoms with Crippen LogP contribution in [0, 0.1) is 6.92 Å². The van der Waals surface area contributed by atoms with Crippen LogP contribution in [0.4, 0.5) is 5.82 Å². The van der Waals surface area contributed by atoms with E-state index in [9.17, 15) is 9.59 Å². The second kappa shape index (κ2) is 5.60. The van der Waals surface area contributed by atoms with Crippen LogP contribution in [0.15, 0.2) is 22.7 Å². The first-order chi connectivity index (χ1) is 9.52. The molecule has 2 heterocycles. The van der Waals surface area contributed by atoms with Gasteiger partial charge in [0.15, 0.2) is 5.76 Å². The van der Waals surface area contributed by atoms with Gasteiger partial charge in [0.25, 0.3) is 5.91 Å². The molecule has 7 nitrogen and oxygen atoms in total. The number of nitrogens with one attached hydrogen (secondary N) is 1. The van der Waals surface area contributed by atoms with Gasteiger partial charge in [-0.05, 0) is 26.0 Å². The zero-order valence-electron chi connectivity index (χ0n) is 11.5. The first-order valence-corrected chi connectivity index (χ1v) is 6.09. The Morgan fingerprint density at radius 1 is 1.45 bits per heavy atom. The summed E-state index contributed by atoms with van der Waals surface area (Å²) < 4.78 is 11.5. The molecule has 0 spiro atoms. The van der Waals surface area contributed by atoms with Gasteiger partial charge in [-0.1, -0.05) is 0 Å². The normalized spacial score (nSPS) is 10.3. The van der Waals surface area contributed by atoms with Gasteiger partial charge in [-0.25, -0.2) is 4.79 Å². The number of carbonyl (C=O) groups excluding carboxylic acids is 2. The Hall–Kier alpha value is -2.57. The van der Waals surface area contributed by atoms with Crippen molar-refractivity contribution in [1.82, 2.24) is 9.78 Å². The topological polar surface area (TPSA) is 86.4 Å². The molecule has 2 rings (SSSR count). The molecule has 7 heteroatoms. The fourth-order valence-electron chi connectivity index (χ4n) is 1.67. The van der Waals surface area contributed by atoms with E-state index in [2.05, 4.69) is 10.4 Å². The van der Waals surface area contributed by atoms with Gasteiger partial charge in [0.05, 0.1) is 12.8 Å². The van der Waals surface area contributed by atoms with Gasteiger partial charge in [-0.15, -0.1) is 0 Å². The molecule has 0 saturated carbocycles. The van der Waals surface area contributed by atoms with Crippen LogP contribution in [0.1, 0.15) is 33.6 Å². The molecule has 0 radical (unpaired) electrons. The number of anilines is 1. The highest BCUT2D eigenvalue weighted by Gasteiger charge is 2.20. The molecule has 20 heavy (non-hydrogen) atoms. The Labute approximate surface area is 115 Å². The lowest BCUT2D eigenvalue weighted by molar-refractivity contribution is 0.0527. The molecule has 0 aliphatic rings. The van der Waals surface area contributed by atoms with E-state index in [1.54, 1.807) is 33.0 Å². The van der Waals surface area contributed by atoms with Crippen LogP contribution in [-0.2, 0) is 11.8 Å². The maximum absolute atomic E-state index is 12.0. The number of aromatic nitrogens is 2. The van der Waals surface area contributed by atoms with Crippen LogP contribution >= 0.6 is 0 Å². The molecular formula is C13H15N3O4. The third-order valence-corrected chi connectivity index (χ3v) is 2.63. The van der Waals surface area contributed by atoms with Crippen LogP contribution in [-0.4, -0.2) is 28.3 Å². The first-order valence-electron chi connectivity index (χ1n) is 6.09. The van der Waals surface area contributed by atoms with Crippen LogP contribution in [0.3, 0.4) is 0 Å². The van der Waals surface area contributed by atoms with E-state index in [0.29, 0.717) is 5.76 Å². The highest BCUT2D eigenvalue weighted by Crippen LogP contribution is 2.17. The van der Waals surface area contributed by atoms with E-state index < -0.39 is 11.9 Å². The number of nitrogens with zero attached hydrogens (tertiary/aromatic N) is 2. The van der Waals surface area contributed by atoms with Crippen molar-refractivity contribution < 1.29 is 18.7 Å². The van der Waals surface area contributed by atoms with Crippen molar-refractivity contribution in [2.75, 3.05) is 11.9 Å². The minimum absolute atomic E-state index is 0.165. The third-order valence-electron chi connectivity index (χ3n) is 2.63. The minimum Gasteiger partial charge on any atom is -0.462 e. The average Bonchev–Trinajstić information content (AvgIpc) is 2.98. The number of furan rings is 1. The maximum Gasteiger partial charge on any atom is 0.343 e. The van der Waals surface area contributed by atoms with Crippen molar-refractivity contribution in [3.05, 3.63) is 35.4 Å². The SMILES string of the molecule is CCOC(=O)c1cnn(C)c1NC(=O)c1ccc(C)o1. The molecule has 0 saturated heterocycles. The summed E-state index contributed by atoms with van der Waals surface area (Å²) in [6, 6.07) is 3.25. The van der Waals surface area contributed by atoms with Gasteiger partial charge in [0, 0.05) is 7.05 Å². The van der Waals surface area contributed by atoms with Gasteiger partial charge >= 0.3 is 5.97 Å². The Morgan fingerprint density at radius 2 is 2.20 bits per heavy atom. The molecular weight excluding hydrogens is 262 g/mol. The summed E-state index contributed by atoms with van der Waals surface area (Å²) in [6.07, 6.45) is 1.35. The number of esters is 1. The van der Waals surface area contributed by atoms with Gasteiger partial charge in [-0.2, -0.15) is 5.10 Å². The van der Waals surface area contributed by atoms with Crippen LogP contribution in [0.25, 0.3) is 0 Å². The number of hydrogen-bond acceptors (Lipinski definition) is 5. The van der Waals surface area contributed by atoms with E-state index in [-0.39, 0.29) is 23.7 Å². The van der Waals surface area contributed by atoms with Gasteiger partial charge in [0.1, 0.15) is 17.1 Å². The zero-order chi connectivity index (χ0) is 14.7. The van der Waals surface area contributed by atoms with E-state index in [4.69, 9.17) is 9.15 Å². The smallest absolute Gasteiger partial charge is 0.343 e. The van der Waals surface area contributed by atoms with Crippen molar-refractivity contribution >= 4 is 17.7 Å². The quantitative estimate of drug-likeness (QED) is 0.860. The van der Waals surface area contributed by atoms with Crippen molar-refractivity contribution in [3.63, 3.8) is 0 Å². The fourth-order valence-corrected chi connectivity index (χ4v) is 1.67. The van der Waals surface area contributed by atoms with Gasteiger partial charge < -0.3 is 14.5 Å². The molecule has 106 valence electrons. The summed E-state index contributed by atoms with van der Waals surface area (Å²) in [6.45, 7) is 3.70. The summed E-state index contributed by atoms with van der Waals surface area (Å²) in [7, 11) is 1.62. The van der Waals surface area contributed by atoms with Crippen molar-refractivity contribution in [2.24, 2.45) is 7.05 Å². The fraction of sp³-hybridized carbons (Fsp3) is 0.308. The number of carbonyl (C=O) groups is 2. The van der Waals surface area contributed by atoms with Crippen molar-refractivity contribution in [3.8, 4) is 0 Å². The van der Waals surface area contributed by atoms with Gasteiger partial charge in [-0.3, -0.25) is 9.48 Å². The molecule has 0 atom stereocenters. The Morgan fingerprint density at radius 3 is 2.80 bits per heavy atom. The highest BCUT2D eigenvalue weighted by molar-refractivity contribution is 6.05. The second-order valence-electron chi connectivity index (χ2n) is 4.12. The van der Waals surface area contributed by atoms with Crippen LogP contribution < -0.4 is 5.32 Å². The van der Waals surface area contributed by atoms with Gasteiger partial charge in [0.2, 0.25) is 0 Å². The Balaban J connectivity index is 2.23. The number of aryl methyl sites for hydroxylation is 2. The molecule has 0 fully saturated rings. The molecule has 2 aromatic heterocycles. The molecule has 0 unspecified atom stereocenters. The Bertz CT molecular complexity index is 642. The molecule has 0 aliphatic heterocycles. The monoisotopic (exact) mass is 277 g/mol. The van der Waals surface area contributed by atoms with E-state index in [1.165, 1.54) is 10.9 Å². The maximum atomic E-state index is 12.0. The molecule has 0 aliphatic carbocycles. The minimum atomic E-state index is -0.536. The molecule has 0 aromatic carbocycles. The van der Waals surface area contributed by atoms with E-state index >= 15 is 0 Å². The van der Waals surface area contributed by atoms with Crippen LogP contribution in [0.2, 0.25) is 0 Å². The summed E-state index contributed by atoms with van der Waals surface area (Å²) in [5, 5.41) is 6.54. The number of amides is 1. The lowest BCUT2D eigenvalue weighted by atomic mass is 10.3. The second-order valence-corrected chi connectivity index (χ2v) is 4.12. The van der Waals surface area contributed by atoms with Crippen molar-refractivity contribution in [2.45, 2.75) is 13.8 Å². The number of ether oxygens (including phenoxy) is 1. The van der Waals surface area contributed by atoms with E-state index in [1.807, 2.05) is 0 Å². The molecule has 1 amide bonds. The Kier molecular flexibility index (Phi) is 3.88. The summed E-state index contributed by atoms with van der Waals surface area (Å²) in [4.78, 5) is 23.8. The average molecular weight is 277 g/mol. The lowest BCUT2D eigenvalue weighted by Gasteiger charge is -2.06. The largest absolute Gasteiger partial charge is 0.462 e. The van der Waals surface area contributed by atoms with Crippen LogP contribution in [0.5, 0.6) is 0 Å². The first kappa shape index (κ1) is 13.9. The summed E-state index contributed by atoms with van der Waals surface area (Å²) in [5.41, 5.74) is 0.200. The van der Waals surface area contributed by atoms with E-state index in [0.717, 1.165) is 0 Å².